The second-order valence-electron chi connectivity index (χ2n) is 5.54. The molecule has 0 aliphatic carbocycles. The van der Waals surface area contributed by atoms with Gasteiger partial charge in [0.1, 0.15) is 28.8 Å². The van der Waals surface area contributed by atoms with Crippen molar-refractivity contribution in [2.75, 3.05) is 17.2 Å². The number of nitrogens with one attached hydrogen (secondary N) is 2. The average molecular weight is 353 g/mol. The second-order valence-corrected chi connectivity index (χ2v) is 5.54. The van der Waals surface area contributed by atoms with Crippen molar-refractivity contribution >= 4 is 23.2 Å². The maximum atomic E-state index is 12.5. The van der Waals surface area contributed by atoms with Crippen LogP contribution in [-0.2, 0) is 0 Å². The van der Waals surface area contributed by atoms with Gasteiger partial charge in [-0.25, -0.2) is 9.97 Å². The number of carbonyl (C=O) groups excluding carboxylic acids is 1. The van der Waals surface area contributed by atoms with E-state index in [1.807, 2.05) is 6.92 Å². The molecule has 8 heteroatoms. The Hall–Kier alpha value is -3.42. The van der Waals surface area contributed by atoms with Crippen LogP contribution < -0.4 is 15.4 Å². The Morgan fingerprint density at radius 1 is 1.12 bits per heavy atom. The third-order valence-electron chi connectivity index (χ3n) is 3.38. The summed E-state index contributed by atoms with van der Waals surface area (Å²) in [7, 11) is 0. The highest BCUT2D eigenvalue weighted by atomic mass is 16.5. The van der Waals surface area contributed by atoms with Crippen LogP contribution in [-0.4, -0.2) is 27.6 Å². The Bertz CT molecular complexity index is 905. The number of anilines is 3. The molecule has 0 unspecified atom stereocenters. The molecule has 0 aliphatic heterocycles. The van der Waals surface area contributed by atoms with Gasteiger partial charge in [0.15, 0.2) is 5.82 Å². The summed E-state index contributed by atoms with van der Waals surface area (Å²) in [6, 6.07) is 10.4. The van der Waals surface area contributed by atoms with Crippen molar-refractivity contribution in [1.82, 2.24) is 15.1 Å². The van der Waals surface area contributed by atoms with Gasteiger partial charge in [0.05, 0.1) is 6.61 Å². The minimum absolute atomic E-state index is 0.245. The summed E-state index contributed by atoms with van der Waals surface area (Å²) >= 11 is 0. The predicted molar refractivity (Wildman–Crippen MR) is 96.9 cm³/mol. The molecular weight excluding hydrogens is 334 g/mol. The van der Waals surface area contributed by atoms with Crippen LogP contribution in [0.15, 0.2) is 40.9 Å². The Balaban J connectivity index is 1.74. The summed E-state index contributed by atoms with van der Waals surface area (Å²) in [6.45, 7) is 6.01. The molecule has 3 aromatic rings. The van der Waals surface area contributed by atoms with E-state index in [0.717, 1.165) is 5.75 Å². The van der Waals surface area contributed by atoms with Gasteiger partial charge in [-0.15, -0.1) is 0 Å². The van der Waals surface area contributed by atoms with E-state index in [-0.39, 0.29) is 11.6 Å². The molecule has 0 bridgehead atoms. The zero-order valence-electron chi connectivity index (χ0n) is 14.7. The van der Waals surface area contributed by atoms with Crippen LogP contribution in [0.4, 0.5) is 17.3 Å². The molecule has 8 nitrogen and oxygen atoms in total. The molecule has 1 aromatic carbocycles. The normalized spacial score (nSPS) is 10.4. The summed E-state index contributed by atoms with van der Waals surface area (Å²) in [5.74, 6) is 2.52. The highest BCUT2D eigenvalue weighted by Gasteiger charge is 2.12. The van der Waals surface area contributed by atoms with Crippen LogP contribution in [0.2, 0.25) is 0 Å². The van der Waals surface area contributed by atoms with E-state index in [4.69, 9.17) is 9.26 Å². The van der Waals surface area contributed by atoms with Crippen molar-refractivity contribution in [3.8, 4) is 5.75 Å². The number of hydrogen-bond acceptors (Lipinski definition) is 7. The lowest BCUT2D eigenvalue weighted by Crippen LogP contribution is -2.15. The Morgan fingerprint density at radius 3 is 2.54 bits per heavy atom. The molecule has 2 heterocycles. The van der Waals surface area contributed by atoms with Crippen molar-refractivity contribution in [3.63, 3.8) is 0 Å². The molecule has 2 N–H and O–H groups in total. The highest BCUT2D eigenvalue weighted by Crippen LogP contribution is 2.18. The summed E-state index contributed by atoms with van der Waals surface area (Å²) < 4.78 is 10.4. The third-order valence-corrected chi connectivity index (χ3v) is 3.38. The number of carbonyl (C=O) groups is 1. The van der Waals surface area contributed by atoms with Crippen molar-refractivity contribution < 1.29 is 14.1 Å². The van der Waals surface area contributed by atoms with Gasteiger partial charge in [0, 0.05) is 17.8 Å². The maximum absolute atomic E-state index is 12.5. The molecule has 0 saturated heterocycles. The fourth-order valence-corrected chi connectivity index (χ4v) is 2.30. The second kappa shape index (κ2) is 7.64. The number of nitrogens with zero attached hydrogens (tertiary/aromatic N) is 3. The molecule has 0 aliphatic rings. The van der Waals surface area contributed by atoms with Crippen LogP contribution in [0, 0.1) is 13.8 Å². The van der Waals surface area contributed by atoms with Crippen LogP contribution in [0.25, 0.3) is 0 Å². The first-order valence-corrected chi connectivity index (χ1v) is 8.13. The average Bonchev–Trinajstić information content (AvgIpc) is 3.01. The maximum Gasteiger partial charge on any atom is 0.274 e. The van der Waals surface area contributed by atoms with E-state index >= 15 is 0 Å². The molecule has 26 heavy (non-hydrogen) atoms. The smallest absolute Gasteiger partial charge is 0.274 e. The summed E-state index contributed by atoms with van der Waals surface area (Å²) in [6.07, 6.45) is 0. The number of rotatable bonds is 6. The van der Waals surface area contributed by atoms with Crippen LogP contribution in [0.1, 0.15) is 29.0 Å². The molecular formula is C18H19N5O3. The number of hydrogen-bond donors (Lipinski definition) is 2. The SMILES string of the molecule is CCOc1ccc(NC(=O)c2cc(Nc3cc(C)on3)nc(C)n2)cc1. The molecule has 0 saturated carbocycles. The first-order valence-electron chi connectivity index (χ1n) is 8.13. The summed E-state index contributed by atoms with van der Waals surface area (Å²) in [5.41, 5.74) is 0.894. The van der Waals surface area contributed by atoms with Crippen LogP contribution in [0.5, 0.6) is 5.75 Å². The van der Waals surface area contributed by atoms with E-state index in [2.05, 4.69) is 25.8 Å². The van der Waals surface area contributed by atoms with Gasteiger partial charge in [-0.05, 0) is 45.0 Å². The Kier molecular flexibility index (Phi) is 5.12. The monoisotopic (exact) mass is 353 g/mol. The number of benzene rings is 1. The van der Waals surface area contributed by atoms with Gasteiger partial charge in [-0.3, -0.25) is 4.79 Å². The molecule has 2 aromatic heterocycles. The van der Waals surface area contributed by atoms with E-state index in [1.54, 1.807) is 50.2 Å². The van der Waals surface area contributed by atoms with E-state index in [1.165, 1.54) is 0 Å². The molecule has 0 spiro atoms. The van der Waals surface area contributed by atoms with Crippen molar-refractivity contribution in [2.24, 2.45) is 0 Å². The largest absolute Gasteiger partial charge is 0.494 e. The van der Waals surface area contributed by atoms with Crippen molar-refractivity contribution in [1.29, 1.82) is 0 Å². The quantitative estimate of drug-likeness (QED) is 0.699. The highest BCUT2D eigenvalue weighted by molar-refractivity contribution is 6.03. The molecule has 0 fully saturated rings. The zero-order valence-corrected chi connectivity index (χ0v) is 14.7. The lowest BCUT2D eigenvalue weighted by molar-refractivity contribution is 0.102. The molecule has 0 atom stereocenters. The van der Waals surface area contributed by atoms with Gasteiger partial charge in [-0.2, -0.15) is 0 Å². The molecule has 3 rings (SSSR count). The van der Waals surface area contributed by atoms with Crippen molar-refractivity contribution in [3.05, 3.63) is 53.7 Å². The number of aryl methyl sites for hydroxylation is 2. The minimum atomic E-state index is -0.334. The van der Waals surface area contributed by atoms with Gasteiger partial charge in [-0.1, -0.05) is 5.16 Å². The molecule has 1 amide bonds. The summed E-state index contributed by atoms with van der Waals surface area (Å²) in [4.78, 5) is 20.9. The van der Waals surface area contributed by atoms with E-state index in [9.17, 15) is 4.79 Å². The lowest BCUT2D eigenvalue weighted by Gasteiger charge is -2.08. The predicted octanol–water partition coefficient (Wildman–Crippen LogP) is 3.48. The number of amides is 1. The Morgan fingerprint density at radius 2 is 1.88 bits per heavy atom. The van der Waals surface area contributed by atoms with Crippen LogP contribution >= 0.6 is 0 Å². The van der Waals surface area contributed by atoms with Gasteiger partial charge < -0.3 is 19.9 Å². The Labute approximate surface area is 150 Å². The topological polar surface area (TPSA) is 102 Å². The van der Waals surface area contributed by atoms with Gasteiger partial charge >= 0.3 is 0 Å². The molecule has 134 valence electrons. The molecule has 0 radical (unpaired) electrons. The lowest BCUT2D eigenvalue weighted by atomic mass is 10.3. The summed E-state index contributed by atoms with van der Waals surface area (Å²) in [5, 5.41) is 9.64. The minimum Gasteiger partial charge on any atom is -0.494 e. The van der Waals surface area contributed by atoms with Crippen LogP contribution in [0.3, 0.4) is 0 Å². The fourth-order valence-electron chi connectivity index (χ4n) is 2.30. The van der Waals surface area contributed by atoms with E-state index < -0.39 is 0 Å². The first kappa shape index (κ1) is 17.4. The standard InChI is InChI=1S/C18H19N5O3/c1-4-25-14-7-5-13(6-8-14)21-18(24)15-10-16(20-12(3)19-15)22-17-9-11(2)26-23-17/h5-10H,4H2,1-3H3,(H,21,24)(H,19,20,22,23). The van der Waals surface area contributed by atoms with Gasteiger partial charge in [0.2, 0.25) is 0 Å². The first-order chi connectivity index (χ1) is 12.5. The zero-order chi connectivity index (χ0) is 18.5. The number of aromatic nitrogens is 3. The third kappa shape index (κ3) is 4.35. The number of ether oxygens (including phenoxy) is 1. The van der Waals surface area contributed by atoms with Crippen molar-refractivity contribution in [2.45, 2.75) is 20.8 Å². The van der Waals surface area contributed by atoms with Gasteiger partial charge in [0.25, 0.3) is 5.91 Å². The van der Waals surface area contributed by atoms with E-state index in [0.29, 0.717) is 35.5 Å². The fraction of sp³-hybridized carbons (Fsp3) is 0.222.